The molecule has 0 saturated carbocycles. The number of aryl methyl sites for hydroxylation is 1. The second-order valence-electron chi connectivity index (χ2n) is 6.24. The molecule has 1 aromatic rings. The summed E-state index contributed by atoms with van der Waals surface area (Å²) in [4.78, 5) is 14.1. The molecule has 104 valence electrons. The first kappa shape index (κ1) is 13.9. The van der Waals surface area contributed by atoms with Crippen LogP contribution < -0.4 is 0 Å². The van der Waals surface area contributed by atoms with Crippen LogP contribution in [0, 0.1) is 6.92 Å². The Kier molecular flexibility index (Phi) is 3.83. The molecule has 3 nitrogen and oxygen atoms in total. The molecule has 1 heterocycles. The number of amides is 1. The molecule has 1 fully saturated rings. The van der Waals surface area contributed by atoms with Crippen molar-refractivity contribution in [2.45, 2.75) is 52.2 Å². The Balaban J connectivity index is 2.12. The maximum absolute atomic E-state index is 12.2. The summed E-state index contributed by atoms with van der Waals surface area (Å²) < 4.78 is 5.48. The molecule has 3 heteroatoms. The van der Waals surface area contributed by atoms with Crippen LogP contribution in [0.1, 0.15) is 50.8 Å². The number of nitrogens with zero attached hydrogens (tertiary/aromatic N) is 1. The molecule has 0 bridgehead atoms. The van der Waals surface area contributed by atoms with E-state index >= 15 is 0 Å². The van der Waals surface area contributed by atoms with Gasteiger partial charge in [0.1, 0.15) is 5.60 Å². The van der Waals surface area contributed by atoms with Gasteiger partial charge in [0.05, 0.1) is 6.04 Å². The molecule has 0 aliphatic carbocycles. The molecular formula is C16H23NO2. The normalized spacial score (nSPS) is 19.6. The third-order valence-electron chi connectivity index (χ3n) is 3.34. The Morgan fingerprint density at radius 1 is 1.26 bits per heavy atom. The van der Waals surface area contributed by atoms with E-state index in [1.54, 1.807) is 0 Å². The van der Waals surface area contributed by atoms with Gasteiger partial charge < -0.3 is 9.64 Å². The van der Waals surface area contributed by atoms with Crippen molar-refractivity contribution in [3.05, 3.63) is 35.4 Å². The predicted octanol–water partition coefficient (Wildman–Crippen LogP) is 4.07. The minimum atomic E-state index is -0.433. The lowest BCUT2D eigenvalue weighted by atomic mass is 10.0. The summed E-state index contributed by atoms with van der Waals surface area (Å²) in [5.41, 5.74) is 2.01. The lowest BCUT2D eigenvalue weighted by molar-refractivity contribution is 0.0224. The van der Waals surface area contributed by atoms with Crippen molar-refractivity contribution in [1.82, 2.24) is 4.90 Å². The lowest BCUT2D eigenvalue weighted by Crippen LogP contribution is -2.36. The number of carbonyl (C=O) groups excluding carboxylic acids is 1. The average molecular weight is 261 g/mol. The number of likely N-dealkylation sites (tertiary alicyclic amines) is 1. The Morgan fingerprint density at radius 3 is 2.47 bits per heavy atom. The molecular weight excluding hydrogens is 238 g/mol. The van der Waals surface area contributed by atoms with E-state index in [-0.39, 0.29) is 12.1 Å². The van der Waals surface area contributed by atoms with Gasteiger partial charge in [-0.15, -0.1) is 0 Å². The van der Waals surface area contributed by atoms with E-state index in [9.17, 15) is 4.79 Å². The van der Waals surface area contributed by atoms with E-state index in [1.165, 1.54) is 11.1 Å². The minimum Gasteiger partial charge on any atom is -0.444 e. The Morgan fingerprint density at radius 2 is 1.89 bits per heavy atom. The average Bonchev–Trinajstić information content (AvgIpc) is 2.76. The first-order valence-electron chi connectivity index (χ1n) is 6.93. The first-order valence-corrected chi connectivity index (χ1v) is 6.93. The second-order valence-corrected chi connectivity index (χ2v) is 6.24. The highest BCUT2D eigenvalue weighted by atomic mass is 16.6. The Bertz CT molecular complexity index is 445. The van der Waals surface area contributed by atoms with Gasteiger partial charge in [-0.1, -0.05) is 29.8 Å². The molecule has 1 amide bonds. The zero-order chi connectivity index (χ0) is 14.0. The summed E-state index contributed by atoms with van der Waals surface area (Å²) in [6.07, 6.45) is 1.86. The van der Waals surface area contributed by atoms with Gasteiger partial charge in [-0.05, 0) is 46.1 Å². The molecule has 0 unspecified atom stereocenters. The van der Waals surface area contributed by atoms with Crippen LogP contribution in [0.15, 0.2) is 24.3 Å². The third kappa shape index (κ3) is 3.49. The SMILES string of the molecule is Cc1ccc([C@H]2CCCN2C(=O)OC(C)(C)C)cc1. The van der Waals surface area contributed by atoms with E-state index in [0.29, 0.717) is 0 Å². The zero-order valence-corrected chi connectivity index (χ0v) is 12.3. The largest absolute Gasteiger partial charge is 0.444 e. The number of hydrogen-bond acceptors (Lipinski definition) is 2. The summed E-state index contributed by atoms with van der Waals surface area (Å²) in [5, 5.41) is 0. The molecule has 0 N–H and O–H groups in total. The topological polar surface area (TPSA) is 29.5 Å². The molecule has 0 spiro atoms. The molecule has 2 rings (SSSR count). The lowest BCUT2D eigenvalue weighted by Gasteiger charge is -2.28. The van der Waals surface area contributed by atoms with Crippen molar-refractivity contribution in [2.24, 2.45) is 0 Å². The zero-order valence-electron chi connectivity index (χ0n) is 12.3. The van der Waals surface area contributed by atoms with Crippen molar-refractivity contribution in [1.29, 1.82) is 0 Å². The highest BCUT2D eigenvalue weighted by Crippen LogP contribution is 2.33. The fourth-order valence-electron chi connectivity index (χ4n) is 2.44. The number of benzene rings is 1. The van der Waals surface area contributed by atoms with Crippen LogP contribution >= 0.6 is 0 Å². The Hall–Kier alpha value is -1.51. The summed E-state index contributed by atoms with van der Waals surface area (Å²) in [7, 11) is 0. The van der Waals surface area contributed by atoms with Gasteiger partial charge in [0.2, 0.25) is 0 Å². The van der Waals surface area contributed by atoms with E-state index < -0.39 is 5.60 Å². The van der Waals surface area contributed by atoms with Gasteiger partial charge in [0.15, 0.2) is 0 Å². The van der Waals surface area contributed by atoms with Crippen molar-refractivity contribution >= 4 is 6.09 Å². The molecule has 1 saturated heterocycles. The van der Waals surface area contributed by atoms with Gasteiger partial charge in [-0.25, -0.2) is 4.79 Å². The van der Waals surface area contributed by atoms with Gasteiger partial charge in [0.25, 0.3) is 0 Å². The van der Waals surface area contributed by atoms with E-state index in [4.69, 9.17) is 4.74 Å². The molecule has 0 radical (unpaired) electrons. The summed E-state index contributed by atoms with van der Waals surface area (Å²) in [5.74, 6) is 0. The minimum absolute atomic E-state index is 0.162. The van der Waals surface area contributed by atoms with Crippen LogP contribution in [0.2, 0.25) is 0 Å². The smallest absolute Gasteiger partial charge is 0.410 e. The molecule has 19 heavy (non-hydrogen) atoms. The van der Waals surface area contributed by atoms with Gasteiger partial charge in [-0.3, -0.25) is 0 Å². The first-order chi connectivity index (χ1) is 8.87. The Labute approximate surface area is 115 Å². The molecule has 1 aliphatic rings. The fraction of sp³-hybridized carbons (Fsp3) is 0.562. The van der Waals surface area contributed by atoms with Crippen LogP contribution in [-0.4, -0.2) is 23.1 Å². The predicted molar refractivity (Wildman–Crippen MR) is 76.1 cm³/mol. The number of hydrogen-bond donors (Lipinski definition) is 0. The van der Waals surface area contributed by atoms with Crippen LogP contribution in [0.25, 0.3) is 0 Å². The molecule has 0 aromatic heterocycles. The molecule has 1 aliphatic heterocycles. The summed E-state index contributed by atoms with van der Waals surface area (Å²) >= 11 is 0. The van der Waals surface area contributed by atoms with Crippen molar-refractivity contribution in [2.75, 3.05) is 6.54 Å². The highest BCUT2D eigenvalue weighted by Gasteiger charge is 2.32. The van der Waals surface area contributed by atoms with E-state index in [2.05, 4.69) is 31.2 Å². The van der Waals surface area contributed by atoms with Gasteiger partial charge in [-0.2, -0.15) is 0 Å². The maximum atomic E-state index is 12.2. The monoisotopic (exact) mass is 261 g/mol. The van der Waals surface area contributed by atoms with E-state index in [0.717, 1.165) is 19.4 Å². The molecule has 1 atom stereocenters. The van der Waals surface area contributed by atoms with Crippen molar-refractivity contribution < 1.29 is 9.53 Å². The third-order valence-corrected chi connectivity index (χ3v) is 3.34. The maximum Gasteiger partial charge on any atom is 0.410 e. The van der Waals surface area contributed by atoms with Crippen LogP contribution in [0.4, 0.5) is 4.79 Å². The van der Waals surface area contributed by atoms with Crippen LogP contribution in [-0.2, 0) is 4.74 Å². The van der Waals surface area contributed by atoms with Gasteiger partial charge in [0, 0.05) is 6.54 Å². The number of ether oxygens (including phenoxy) is 1. The standard InChI is InChI=1S/C16H23NO2/c1-12-7-9-13(10-8-12)14-6-5-11-17(14)15(18)19-16(2,3)4/h7-10,14H,5-6,11H2,1-4H3/t14-/m1/s1. The van der Waals surface area contributed by atoms with E-state index in [1.807, 2.05) is 25.7 Å². The molecule has 1 aromatic carbocycles. The fourth-order valence-corrected chi connectivity index (χ4v) is 2.44. The number of carbonyl (C=O) groups is 1. The summed E-state index contributed by atoms with van der Waals surface area (Å²) in [6, 6.07) is 8.59. The second kappa shape index (κ2) is 5.24. The van der Waals surface area contributed by atoms with Crippen LogP contribution in [0.5, 0.6) is 0 Å². The van der Waals surface area contributed by atoms with Crippen LogP contribution in [0.3, 0.4) is 0 Å². The van der Waals surface area contributed by atoms with Crippen molar-refractivity contribution in [3.8, 4) is 0 Å². The van der Waals surface area contributed by atoms with Crippen molar-refractivity contribution in [3.63, 3.8) is 0 Å². The number of rotatable bonds is 1. The summed E-state index contributed by atoms with van der Waals surface area (Å²) in [6.45, 7) is 8.57. The quantitative estimate of drug-likeness (QED) is 0.762. The highest BCUT2D eigenvalue weighted by molar-refractivity contribution is 5.69. The van der Waals surface area contributed by atoms with Gasteiger partial charge >= 0.3 is 6.09 Å².